The minimum atomic E-state index is 0.228. The second kappa shape index (κ2) is 5.00. The van der Waals surface area contributed by atoms with Gasteiger partial charge in [-0.3, -0.25) is 0 Å². The van der Waals surface area contributed by atoms with Gasteiger partial charge in [0.25, 0.3) is 0 Å². The summed E-state index contributed by atoms with van der Waals surface area (Å²) in [5.41, 5.74) is 8.61. The summed E-state index contributed by atoms with van der Waals surface area (Å²) in [5, 5.41) is 10.7. The lowest BCUT2D eigenvalue weighted by atomic mass is 10.1. The van der Waals surface area contributed by atoms with E-state index in [1.165, 1.54) is 16.0 Å². The number of nitrogens with two attached hydrogens (primary N) is 1. The summed E-state index contributed by atoms with van der Waals surface area (Å²) in [7, 11) is 0. The maximum absolute atomic E-state index is 6.21. The minimum Gasteiger partial charge on any atom is -0.368 e. The number of nitrogen functional groups attached to an aromatic ring is 1. The Morgan fingerprint density at radius 3 is 2.77 bits per heavy atom. The first kappa shape index (κ1) is 13.1. The van der Waals surface area contributed by atoms with E-state index >= 15 is 0 Å². The van der Waals surface area contributed by atoms with Gasteiger partial charge in [-0.2, -0.15) is 14.6 Å². The summed E-state index contributed by atoms with van der Waals surface area (Å²) in [5.74, 6) is 0.649. The first-order valence-corrected chi connectivity index (χ1v) is 7.49. The molecule has 0 aliphatic rings. The van der Waals surface area contributed by atoms with Crippen LogP contribution in [0.3, 0.4) is 0 Å². The van der Waals surface area contributed by atoms with E-state index in [-0.39, 0.29) is 5.95 Å². The predicted octanol–water partition coefficient (Wildman–Crippen LogP) is 2.55. The third kappa shape index (κ3) is 2.09. The maximum Gasteiger partial charge on any atom is 0.225 e. The fraction of sp³-hybridized carbons (Fsp3) is 0. The van der Waals surface area contributed by atoms with Crippen molar-refractivity contribution in [2.24, 2.45) is 0 Å². The van der Waals surface area contributed by atoms with Crippen LogP contribution in [0.25, 0.3) is 28.4 Å². The lowest BCUT2D eigenvalue weighted by Crippen LogP contribution is -2.05. The lowest BCUT2D eigenvalue weighted by molar-refractivity contribution is 0.912. The van der Waals surface area contributed by atoms with Crippen LogP contribution >= 0.6 is 23.1 Å². The van der Waals surface area contributed by atoms with E-state index in [0.29, 0.717) is 27.9 Å². The highest BCUT2D eigenvalue weighted by Gasteiger charge is 2.14. The molecule has 0 atom stereocenters. The zero-order valence-electron chi connectivity index (χ0n) is 11.0. The molecule has 0 spiro atoms. The molecule has 3 aromatic heterocycles. The molecular weight excluding hydrogens is 322 g/mol. The van der Waals surface area contributed by atoms with Crippen molar-refractivity contribution in [2.75, 3.05) is 5.73 Å². The number of benzene rings is 1. The monoisotopic (exact) mass is 329 g/mol. The minimum absolute atomic E-state index is 0.228. The number of hydrogen-bond acceptors (Lipinski definition) is 7. The molecule has 0 aliphatic carbocycles. The number of nitrogens with zero attached hydrogens (tertiary/aromatic N) is 6. The van der Waals surface area contributed by atoms with Crippen molar-refractivity contribution < 1.29 is 0 Å². The molecule has 0 saturated heterocycles. The van der Waals surface area contributed by atoms with Crippen LogP contribution in [-0.4, -0.2) is 29.2 Å². The summed E-state index contributed by atoms with van der Waals surface area (Å²) in [6.45, 7) is 0. The summed E-state index contributed by atoms with van der Waals surface area (Å²) in [6, 6.07) is 9.26. The van der Waals surface area contributed by atoms with E-state index < -0.39 is 0 Å². The second-order valence-corrected chi connectivity index (χ2v) is 5.49. The Hall–Kier alpha value is -2.58. The summed E-state index contributed by atoms with van der Waals surface area (Å²) < 4.78 is 5.28. The summed E-state index contributed by atoms with van der Waals surface area (Å²) in [4.78, 5) is 8.64. The van der Waals surface area contributed by atoms with Crippen molar-refractivity contribution in [3.05, 3.63) is 40.7 Å². The van der Waals surface area contributed by atoms with Crippen LogP contribution in [0.1, 0.15) is 0 Å². The third-order valence-corrected chi connectivity index (χ3v) is 3.92. The quantitative estimate of drug-likeness (QED) is 0.607. The largest absolute Gasteiger partial charge is 0.368 e. The summed E-state index contributed by atoms with van der Waals surface area (Å²) in [6.07, 6.45) is 0. The molecule has 0 amide bonds. The number of aromatic nitrogens is 6. The fourth-order valence-electron chi connectivity index (χ4n) is 2.09. The molecule has 0 radical (unpaired) electrons. The molecule has 1 aromatic carbocycles. The Morgan fingerprint density at radius 1 is 1.14 bits per heavy atom. The highest BCUT2D eigenvalue weighted by molar-refractivity contribution is 7.03. The highest BCUT2D eigenvalue weighted by atomic mass is 35.5. The molecule has 2 N–H and O–H groups in total. The van der Waals surface area contributed by atoms with Gasteiger partial charge in [0.2, 0.25) is 5.95 Å². The van der Waals surface area contributed by atoms with Gasteiger partial charge in [-0.1, -0.05) is 34.3 Å². The average Bonchev–Trinajstić information content (AvgIpc) is 3.17. The van der Waals surface area contributed by atoms with E-state index in [9.17, 15) is 0 Å². The topological polar surface area (TPSA) is 94.9 Å². The van der Waals surface area contributed by atoms with Gasteiger partial charge in [-0.25, -0.2) is 4.98 Å². The van der Waals surface area contributed by atoms with Crippen LogP contribution in [0.4, 0.5) is 5.95 Å². The lowest BCUT2D eigenvalue weighted by Gasteiger charge is -2.00. The second-order valence-electron chi connectivity index (χ2n) is 4.47. The van der Waals surface area contributed by atoms with Crippen LogP contribution in [0, 0.1) is 0 Å². The zero-order chi connectivity index (χ0) is 15.1. The van der Waals surface area contributed by atoms with Gasteiger partial charge in [-0.05, 0) is 17.6 Å². The van der Waals surface area contributed by atoms with Crippen molar-refractivity contribution in [2.45, 2.75) is 0 Å². The molecule has 4 aromatic rings. The number of rotatable bonds is 2. The van der Waals surface area contributed by atoms with Crippen LogP contribution in [0.5, 0.6) is 0 Å². The summed E-state index contributed by atoms with van der Waals surface area (Å²) >= 11 is 7.43. The Bertz CT molecular complexity index is 964. The molecule has 3 heterocycles. The van der Waals surface area contributed by atoms with Gasteiger partial charge >= 0.3 is 0 Å². The fourth-order valence-corrected chi connectivity index (χ4v) is 2.75. The van der Waals surface area contributed by atoms with Crippen molar-refractivity contribution >= 4 is 34.7 Å². The number of halogens is 1. The van der Waals surface area contributed by atoms with Gasteiger partial charge in [0.15, 0.2) is 11.5 Å². The SMILES string of the molecule is Nc1nc(-c2csnn2)nc2cc(-c3ccccc3Cl)nn12. The molecule has 0 unspecified atom stereocenters. The molecule has 108 valence electrons. The average molecular weight is 330 g/mol. The van der Waals surface area contributed by atoms with Crippen LogP contribution in [0.15, 0.2) is 35.7 Å². The van der Waals surface area contributed by atoms with E-state index in [1.807, 2.05) is 30.3 Å². The van der Waals surface area contributed by atoms with Gasteiger partial charge < -0.3 is 5.73 Å². The molecular formula is C13H8ClN7S. The van der Waals surface area contributed by atoms with Gasteiger partial charge in [-0.15, -0.1) is 5.10 Å². The number of hydrogen-bond donors (Lipinski definition) is 1. The van der Waals surface area contributed by atoms with Crippen molar-refractivity contribution in [1.82, 2.24) is 29.2 Å². The standard InChI is InChI=1S/C13H8ClN7S/c14-8-4-2-1-3-7(8)9-5-11-16-12(10-6-22-20-18-10)17-13(15)21(11)19-9/h1-6H,(H2,15,16,17). The molecule has 9 heteroatoms. The van der Waals surface area contributed by atoms with Crippen LogP contribution in [0.2, 0.25) is 5.02 Å². The van der Waals surface area contributed by atoms with E-state index in [2.05, 4.69) is 24.7 Å². The molecule has 0 saturated carbocycles. The first-order valence-electron chi connectivity index (χ1n) is 6.28. The van der Waals surface area contributed by atoms with E-state index in [0.717, 1.165) is 5.56 Å². The molecule has 0 aliphatic heterocycles. The normalized spacial score (nSPS) is 11.1. The predicted molar refractivity (Wildman–Crippen MR) is 84.5 cm³/mol. The van der Waals surface area contributed by atoms with Crippen molar-refractivity contribution in [1.29, 1.82) is 0 Å². The van der Waals surface area contributed by atoms with Crippen molar-refractivity contribution in [3.63, 3.8) is 0 Å². The van der Waals surface area contributed by atoms with Crippen LogP contribution < -0.4 is 5.73 Å². The molecule has 0 fully saturated rings. The first-order chi connectivity index (χ1) is 10.7. The Labute approximate surface area is 133 Å². The molecule has 22 heavy (non-hydrogen) atoms. The molecule has 7 nitrogen and oxygen atoms in total. The van der Waals surface area contributed by atoms with Crippen molar-refractivity contribution in [3.8, 4) is 22.8 Å². The van der Waals surface area contributed by atoms with Gasteiger partial charge in [0.1, 0.15) is 5.69 Å². The van der Waals surface area contributed by atoms with E-state index in [4.69, 9.17) is 17.3 Å². The Kier molecular flexibility index (Phi) is 2.98. The maximum atomic E-state index is 6.21. The van der Waals surface area contributed by atoms with Gasteiger partial charge in [0.05, 0.1) is 10.7 Å². The highest BCUT2D eigenvalue weighted by Crippen LogP contribution is 2.27. The van der Waals surface area contributed by atoms with Crippen LogP contribution in [-0.2, 0) is 0 Å². The van der Waals surface area contributed by atoms with E-state index in [1.54, 1.807) is 5.38 Å². The smallest absolute Gasteiger partial charge is 0.225 e. The number of fused-ring (bicyclic) bond motifs is 1. The number of anilines is 1. The molecule has 0 bridgehead atoms. The zero-order valence-corrected chi connectivity index (χ0v) is 12.6. The molecule has 4 rings (SSSR count). The van der Waals surface area contributed by atoms with Gasteiger partial charge in [0, 0.05) is 17.0 Å². The third-order valence-electron chi connectivity index (χ3n) is 3.09. The Morgan fingerprint density at radius 2 is 2.00 bits per heavy atom. The Balaban J connectivity index is 1.91.